The van der Waals surface area contributed by atoms with Crippen LogP contribution in [0.3, 0.4) is 0 Å². The van der Waals surface area contributed by atoms with Crippen LogP contribution in [0.15, 0.2) is 12.4 Å². The zero-order valence-corrected chi connectivity index (χ0v) is 11.5. The maximum absolute atomic E-state index is 9.49. The van der Waals surface area contributed by atoms with E-state index >= 15 is 0 Å². The zero-order valence-electron chi connectivity index (χ0n) is 11.5. The van der Waals surface area contributed by atoms with Gasteiger partial charge in [-0.3, -0.25) is 0 Å². The first-order valence-electron chi connectivity index (χ1n) is 6.72. The van der Waals surface area contributed by atoms with Gasteiger partial charge >= 0.3 is 0 Å². The number of aromatic nitrogens is 2. The number of hydrogen-bond donors (Lipinski definition) is 2. The number of rotatable bonds is 2. The van der Waals surface area contributed by atoms with Gasteiger partial charge in [-0.15, -0.1) is 0 Å². The molecule has 1 aliphatic rings. The van der Waals surface area contributed by atoms with Crippen molar-refractivity contribution >= 4 is 5.82 Å². The van der Waals surface area contributed by atoms with Gasteiger partial charge in [0.15, 0.2) is 0 Å². The first-order chi connectivity index (χ1) is 8.45. The van der Waals surface area contributed by atoms with Crippen LogP contribution in [0, 0.1) is 0 Å². The summed E-state index contributed by atoms with van der Waals surface area (Å²) in [5, 5.41) is 12.9. The van der Waals surface area contributed by atoms with Gasteiger partial charge in [0.05, 0.1) is 11.8 Å². The van der Waals surface area contributed by atoms with Gasteiger partial charge in [0.1, 0.15) is 12.1 Å². The van der Waals surface area contributed by atoms with Crippen LogP contribution in [0.2, 0.25) is 0 Å². The molecule has 2 N–H and O–H groups in total. The molecule has 0 amide bonds. The maximum atomic E-state index is 9.49. The van der Waals surface area contributed by atoms with Gasteiger partial charge in [-0.2, -0.15) is 0 Å². The molecule has 1 aromatic heterocycles. The third kappa shape index (κ3) is 3.42. The summed E-state index contributed by atoms with van der Waals surface area (Å²) in [7, 11) is 0. The van der Waals surface area contributed by atoms with Gasteiger partial charge in [-0.1, -0.05) is 20.8 Å². The summed E-state index contributed by atoms with van der Waals surface area (Å²) in [6.07, 6.45) is 5.30. The molecule has 0 aliphatic heterocycles. The van der Waals surface area contributed by atoms with Crippen molar-refractivity contribution in [2.24, 2.45) is 0 Å². The first kappa shape index (κ1) is 13.3. The lowest BCUT2D eigenvalue weighted by atomic mass is 9.91. The number of nitrogens with one attached hydrogen (secondary N) is 1. The Kier molecular flexibility index (Phi) is 3.85. The molecule has 1 heterocycles. The number of aliphatic hydroxyl groups is 1. The Labute approximate surface area is 109 Å². The molecule has 0 bridgehead atoms. The van der Waals surface area contributed by atoms with Crippen molar-refractivity contribution in [2.45, 2.75) is 64.0 Å². The minimum Gasteiger partial charge on any atom is -0.393 e. The molecule has 0 atom stereocenters. The lowest BCUT2D eigenvalue weighted by molar-refractivity contribution is 0.126. The van der Waals surface area contributed by atoms with Crippen LogP contribution in [0.25, 0.3) is 0 Å². The molecular weight excluding hydrogens is 226 g/mol. The highest BCUT2D eigenvalue weighted by Crippen LogP contribution is 2.24. The fourth-order valence-electron chi connectivity index (χ4n) is 2.28. The monoisotopic (exact) mass is 249 g/mol. The van der Waals surface area contributed by atoms with E-state index in [2.05, 4.69) is 36.1 Å². The number of nitrogens with zero attached hydrogens (tertiary/aromatic N) is 2. The summed E-state index contributed by atoms with van der Waals surface area (Å²) < 4.78 is 0. The summed E-state index contributed by atoms with van der Waals surface area (Å²) in [6, 6.07) is 2.46. The van der Waals surface area contributed by atoms with Crippen LogP contribution >= 0.6 is 0 Å². The van der Waals surface area contributed by atoms with E-state index < -0.39 is 0 Å². The van der Waals surface area contributed by atoms with E-state index in [1.807, 2.05) is 6.07 Å². The molecule has 18 heavy (non-hydrogen) atoms. The topological polar surface area (TPSA) is 58.0 Å². The van der Waals surface area contributed by atoms with Gasteiger partial charge in [0.2, 0.25) is 0 Å². The molecule has 1 fully saturated rings. The molecule has 1 aliphatic carbocycles. The van der Waals surface area contributed by atoms with Crippen molar-refractivity contribution in [2.75, 3.05) is 5.32 Å². The van der Waals surface area contributed by atoms with Crippen LogP contribution in [0.4, 0.5) is 5.82 Å². The molecule has 0 saturated heterocycles. The molecule has 1 aromatic rings. The standard InChI is InChI=1S/C14H23N3O/c1-14(2,3)12-8-13(16-9-15-12)17-10-4-6-11(18)7-5-10/h8-11,18H,4-7H2,1-3H3,(H,15,16,17)/t10-,11-. The largest absolute Gasteiger partial charge is 0.393 e. The van der Waals surface area contributed by atoms with Gasteiger partial charge in [-0.25, -0.2) is 9.97 Å². The second kappa shape index (κ2) is 5.22. The summed E-state index contributed by atoms with van der Waals surface area (Å²) in [5.74, 6) is 0.899. The van der Waals surface area contributed by atoms with Crippen molar-refractivity contribution < 1.29 is 5.11 Å². The molecule has 0 spiro atoms. The highest BCUT2D eigenvalue weighted by atomic mass is 16.3. The van der Waals surface area contributed by atoms with Crippen LogP contribution in [-0.2, 0) is 5.41 Å². The van der Waals surface area contributed by atoms with E-state index in [1.165, 1.54) is 0 Å². The van der Waals surface area contributed by atoms with Crippen LogP contribution in [0.1, 0.15) is 52.1 Å². The first-order valence-corrected chi connectivity index (χ1v) is 6.72. The van der Waals surface area contributed by atoms with E-state index in [4.69, 9.17) is 0 Å². The van der Waals surface area contributed by atoms with Gasteiger partial charge in [0, 0.05) is 17.5 Å². The number of hydrogen-bond acceptors (Lipinski definition) is 4. The zero-order chi connectivity index (χ0) is 13.2. The Balaban J connectivity index is 2.01. The number of anilines is 1. The molecule has 0 unspecified atom stereocenters. The predicted octanol–water partition coefficient (Wildman–Crippen LogP) is 2.49. The predicted molar refractivity (Wildman–Crippen MR) is 72.6 cm³/mol. The second-order valence-corrected chi connectivity index (χ2v) is 6.19. The molecule has 0 aromatic carbocycles. The minimum atomic E-state index is -0.112. The Bertz CT molecular complexity index is 392. The third-order valence-electron chi connectivity index (χ3n) is 3.48. The molecule has 4 heteroatoms. The smallest absolute Gasteiger partial charge is 0.129 e. The van der Waals surface area contributed by atoms with E-state index in [0.717, 1.165) is 37.2 Å². The van der Waals surface area contributed by atoms with Crippen molar-refractivity contribution in [1.82, 2.24) is 9.97 Å². The number of aliphatic hydroxyl groups excluding tert-OH is 1. The SMILES string of the molecule is CC(C)(C)c1cc(N[C@H]2CC[C@H](O)CC2)ncn1. The van der Waals surface area contributed by atoms with E-state index in [1.54, 1.807) is 6.33 Å². The van der Waals surface area contributed by atoms with Gasteiger partial charge in [0.25, 0.3) is 0 Å². The van der Waals surface area contributed by atoms with Gasteiger partial charge < -0.3 is 10.4 Å². The van der Waals surface area contributed by atoms with E-state index in [9.17, 15) is 5.11 Å². The molecule has 4 nitrogen and oxygen atoms in total. The van der Waals surface area contributed by atoms with Crippen LogP contribution in [0.5, 0.6) is 0 Å². The molecule has 100 valence electrons. The van der Waals surface area contributed by atoms with Gasteiger partial charge in [-0.05, 0) is 25.7 Å². The Morgan fingerprint density at radius 3 is 2.44 bits per heavy atom. The highest BCUT2D eigenvalue weighted by Gasteiger charge is 2.20. The summed E-state index contributed by atoms with van der Waals surface area (Å²) in [6.45, 7) is 6.45. The summed E-state index contributed by atoms with van der Waals surface area (Å²) >= 11 is 0. The van der Waals surface area contributed by atoms with Crippen molar-refractivity contribution in [3.63, 3.8) is 0 Å². The van der Waals surface area contributed by atoms with E-state index in [0.29, 0.717) is 6.04 Å². The lowest BCUT2D eigenvalue weighted by Gasteiger charge is -2.27. The Morgan fingerprint density at radius 1 is 1.17 bits per heavy atom. The fraction of sp³-hybridized carbons (Fsp3) is 0.714. The molecule has 0 radical (unpaired) electrons. The average Bonchev–Trinajstić information content (AvgIpc) is 2.31. The maximum Gasteiger partial charge on any atom is 0.129 e. The quantitative estimate of drug-likeness (QED) is 0.845. The molecule has 2 rings (SSSR count). The molecule has 1 saturated carbocycles. The van der Waals surface area contributed by atoms with Crippen molar-refractivity contribution in [1.29, 1.82) is 0 Å². The van der Waals surface area contributed by atoms with Crippen molar-refractivity contribution in [3.05, 3.63) is 18.1 Å². The molecular formula is C14H23N3O. The normalized spacial score (nSPS) is 24.9. The Hall–Kier alpha value is -1.16. The van der Waals surface area contributed by atoms with E-state index in [-0.39, 0.29) is 11.5 Å². The summed E-state index contributed by atoms with van der Waals surface area (Å²) in [5.41, 5.74) is 1.10. The van der Waals surface area contributed by atoms with Crippen molar-refractivity contribution in [3.8, 4) is 0 Å². The Morgan fingerprint density at radius 2 is 1.83 bits per heavy atom. The third-order valence-corrected chi connectivity index (χ3v) is 3.48. The fourth-order valence-corrected chi connectivity index (χ4v) is 2.28. The lowest BCUT2D eigenvalue weighted by Crippen LogP contribution is -2.28. The summed E-state index contributed by atoms with van der Waals surface area (Å²) in [4.78, 5) is 8.61. The van der Waals surface area contributed by atoms with Crippen LogP contribution < -0.4 is 5.32 Å². The highest BCUT2D eigenvalue weighted by molar-refractivity contribution is 5.37. The van der Waals surface area contributed by atoms with Crippen LogP contribution in [-0.4, -0.2) is 27.2 Å². The second-order valence-electron chi connectivity index (χ2n) is 6.19. The average molecular weight is 249 g/mol. The minimum absolute atomic E-state index is 0.0438.